The number of hydrogen-bond donors (Lipinski definition) is 1. The molecular formula is C20H20N4O. The van der Waals surface area contributed by atoms with Crippen LogP contribution < -0.4 is 0 Å². The van der Waals surface area contributed by atoms with E-state index in [0.717, 1.165) is 18.2 Å². The number of likely N-dealkylation sites (tertiary alicyclic amines) is 1. The van der Waals surface area contributed by atoms with Gasteiger partial charge in [-0.25, -0.2) is 4.98 Å². The van der Waals surface area contributed by atoms with Crippen LogP contribution in [0.15, 0.2) is 60.7 Å². The predicted molar refractivity (Wildman–Crippen MR) is 94.8 cm³/mol. The molecule has 1 aliphatic heterocycles. The van der Waals surface area contributed by atoms with E-state index < -0.39 is 0 Å². The number of nitrogens with zero attached hydrogens (tertiary/aromatic N) is 3. The topological polar surface area (TPSA) is 61.9 Å². The van der Waals surface area contributed by atoms with Crippen molar-refractivity contribution in [3.63, 3.8) is 0 Å². The third kappa shape index (κ3) is 3.60. The zero-order chi connectivity index (χ0) is 17.1. The molecule has 1 aromatic heterocycles. The fraction of sp³-hybridized carbons (Fsp3) is 0.250. The van der Waals surface area contributed by atoms with Crippen LogP contribution in [0.2, 0.25) is 0 Å². The van der Waals surface area contributed by atoms with Crippen LogP contribution in [0.4, 0.5) is 0 Å². The molecule has 25 heavy (non-hydrogen) atoms. The Balaban J connectivity index is 1.40. The molecule has 2 heterocycles. The molecule has 1 unspecified atom stereocenters. The maximum atomic E-state index is 12.3. The first kappa shape index (κ1) is 15.6. The molecule has 0 radical (unpaired) electrons. The Bertz CT molecular complexity index is 844. The Morgan fingerprint density at radius 2 is 1.76 bits per heavy atom. The second-order valence-electron chi connectivity index (χ2n) is 6.45. The average Bonchev–Trinajstić information content (AvgIpc) is 3.24. The summed E-state index contributed by atoms with van der Waals surface area (Å²) in [7, 11) is 0. The molecule has 0 bridgehead atoms. The minimum Gasteiger partial charge on any atom is -0.335 e. The number of hydrogen-bond acceptors (Lipinski definition) is 3. The molecule has 1 amide bonds. The minimum absolute atomic E-state index is 0.176. The predicted octanol–water partition coefficient (Wildman–Crippen LogP) is 2.91. The van der Waals surface area contributed by atoms with E-state index in [-0.39, 0.29) is 11.8 Å². The smallest absolute Gasteiger partial charge is 0.223 e. The number of carbonyl (C=O) groups is 1. The summed E-state index contributed by atoms with van der Waals surface area (Å²) in [5, 5.41) is 7.25. The van der Waals surface area contributed by atoms with E-state index in [9.17, 15) is 4.79 Å². The van der Waals surface area contributed by atoms with Crippen molar-refractivity contribution in [2.24, 2.45) is 0 Å². The van der Waals surface area contributed by atoms with Crippen molar-refractivity contribution >= 4 is 5.91 Å². The SMILES string of the molecule is O=C1CC(c2ccccc2)CN1Cc1nc(Cc2ccccc2)n[nH]1. The third-order valence-corrected chi connectivity index (χ3v) is 4.61. The first-order valence-corrected chi connectivity index (χ1v) is 8.55. The maximum Gasteiger partial charge on any atom is 0.223 e. The second kappa shape index (κ2) is 6.89. The number of nitrogens with one attached hydrogen (secondary N) is 1. The summed E-state index contributed by atoms with van der Waals surface area (Å²) in [6.45, 7) is 1.22. The van der Waals surface area contributed by atoms with Gasteiger partial charge in [0.2, 0.25) is 5.91 Å². The van der Waals surface area contributed by atoms with Crippen LogP contribution in [0.25, 0.3) is 0 Å². The Hall–Kier alpha value is -2.95. The summed E-state index contributed by atoms with van der Waals surface area (Å²) < 4.78 is 0. The summed E-state index contributed by atoms with van der Waals surface area (Å²) in [6.07, 6.45) is 1.26. The van der Waals surface area contributed by atoms with E-state index in [4.69, 9.17) is 0 Å². The van der Waals surface area contributed by atoms with Gasteiger partial charge in [0.25, 0.3) is 0 Å². The van der Waals surface area contributed by atoms with E-state index in [2.05, 4.69) is 39.4 Å². The van der Waals surface area contributed by atoms with Gasteiger partial charge in [0.15, 0.2) is 5.82 Å². The van der Waals surface area contributed by atoms with Crippen LogP contribution in [-0.2, 0) is 17.8 Å². The molecule has 126 valence electrons. The van der Waals surface area contributed by atoms with Gasteiger partial charge in [0.05, 0.1) is 6.54 Å². The Labute approximate surface area is 146 Å². The van der Waals surface area contributed by atoms with Crippen molar-refractivity contribution < 1.29 is 4.79 Å². The van der Waals surface area contributed by atoms with Gasteiger partial charge in [0, 0.05) is 25.3 Å². The lowest BCUT2D eigenvalue weighted by Gasteiger charge is -2.15. The van der Waals surface area contributed by atoms with Gasteiger partial charge in [-0.3, -0.25) is 9.89 Å². The molecule has 5 nitrogen and oxygen atoms in total. The lowest BCUT2D eigenvalue weighted by molar-refractivity contribution is -0.128. The van der Waals surface area contributed by atoms with Crippen LogP contribution >= 0.6 is 0 Å². The molecule has 2 aromatic carbocycles. The van der Waals surface area contributed by atoms with E-state index in [1.807, 2.05) is 41.3 Å². The molecule has 1 atom stereocenters. The van der Waals surface area contributed by atoms with E-state index in [0.29, 0.717) is 19.4 Å². The maximum absolute atomic E-state index is 12.3. The number of benzene rings is 2. The summed E-state index contributed by atoms with van der Waals surface area (Å²) >= 11 is 0. The van der Waals surface area contributed by atoms with Gasteiger partial charge in [-0.2, -0.15) is 5.10 Å². The normalized spacial score (nSPS) is 17.2. The summed E-state index contributed by atoms with van der Waals surface area (Å²) in [6, 6.07) is 20.4. The molecule has 0 spiro atoms. The summed E-state index contributed by atoms with van der Waals surface area (Å²) in [5.41, 5.74) is 2.40. The van der Waals surface area contributed by atoms with Crippen molar-refractivity contribution in [2.75, 3.05) is 6.54 Å². The van der Waals surface area contributed by atoms with Crippen LogP contribution in [0.3, 0.4) is 0 Å². The lowest BCUT2D eigenvalue weighted by atomic mass is 9.99. The number of carbonyl (C=O) groups excluding carboxylic acids is 1. The third-order valence-electron chi connectivity index (χ3n) is 4.61. The monoisotopic (exact) mass is 332 g/mol. The van der Waals surface area contributed by atoms with Gasteiger partial charge in [0.1, 0.15) is 5.82 Å². The van der Waals surface area contributed by atoms with Gasteiger partial charge in [-0.1, -0.05) is 60.7 Å². The quantitative estimate of drug-likeness (QED) is 0.781. The summed E-state index contributed by atoms with van der Waals surface area (Å²) in [5.74, 6) is 1.94. The van der Waals surface area contributed by atoms with Crippen LogP contribution in [0.1, 0.15) is 35.1 Å². The molecule has 1 aliphatic rings. The highest BCUT2D eigenvalue weighted by Crippen LogP contribution is 2.28. The van der Waals surface area contributed by atoms with E-state index in [1.165, 1.54) is 11.1 Å². The zero-order valence-corrected chi connectivity index (χ0v) is 13.9. The average molecular weight is 332 g/mol. The molecular weight excluding hydrogens is 312 g/mol. The fourth-order valence-corrected chi connectivity index (χ4v) is 3.32. The van der Waals surface area contributed by atoms with Gasteiger partial charge >= 0.3 is 0 Å². The Morgan fingerprint density at radius 1 is 1.04 bits per heavy atom. The molecule has 1 saturated heterocycles. The highest BCUT2D eigenvalue weighted by molar-refractivity contribution is 5.79. The summed E-state index contributed by atoms with van der Waals surface area (Å²) in [4.78, 5) is 18.7. The highest BCUT2D eigenvalue weighted by atomic mass is 16.2. The van der Waals surface area contributed by atoms with Crippen molar-refractivity contribution in [3.8, 4) is 0 Å². The van der Waals surface area contributed by atoms with Gasteiger partial charge in [-0.05, 0) is 11.1 Å². The molecule has 1 N–H and O–H groups in total. The van der Waals surface area contributed by atoms with Crippen molar-refractivity contribution in [2.45, 2.75) is 25.3 Å². The van der Waals surface area contributed by atoms with E-state index in [1.54, 1.807) is 0 Å². The van der Waals surface area contributed by atoms with E-state index >= 15 is 0 Å². The molecule has 4 rings (SSSR count). The molecule has 0 saturated carbocycles. The highest BCUT2D eigenvalue weighted by Gasteiger charge is 2.31. The van der Waals surface area contributed by atoms with Crippen molar-refractivity contribution in [3.05, 3.63) is 83.4 Å². The van der Waals surface area contributed by atoms with Crippen molar-refractivity contribution in [1.29, 1.82) is 0 Å². The van der Waals surface area contributed by atoms with Crippen molar-refractivity contribution in [1.82, 2.24) is 20.1 Å². The molecule has 3 aromatic rings. The minimum atomic E-state index is 0.176. The number of rotatable bonds is 5. The standard InChI is InChI=1S/C20H20N4O/c25-20-12-17(16-9-5-2-6-10-16)13-24(20)14-19-21-18(22-23-19)11-15-7-3-1-4-8-15/h1-10,17H,11-14H2,(H,21,22,23). The number of aromatic nitrogens is 3. The molecule has 1 fully saturated rings. The lowest BCUT2D eigenvalue weighted by Crippen LogP contribution is -2.25. The van der Waals surface area contributed by atoms with Crippen LogP contribution in [0, 0.1) is 0 Å². The molecule has 5 heteroatoms. The first-order valence-electron chi connectivity index (χ1n) is 8.55. The van der Waals surface area contributed by atoms with Gasteiger partial charge < -0.3 is 4.90 Å². The number of aromatic amines is 1. The van der Waals surface area contributed by atoms with Gasteiger partial charge in [-0.15, -0.1) is 0 Å². The largest absolute Gasteiger partial charge is 0.335 e. The fourth-order valence-electron chi connectivity index (χ4n) is 3.32. The Kier molecular flexibility index (Phi) is 4.29. The second-order valence-corrected chi connectivity index (χ2v) is 6.45. The Morgan fingerprint density at radius 3 is 2.52 bits per heavy atom. The number of amides is 1. The first-order chi connectivity index (χ1) is 12.3. The molecule has 0 aliphatic carbocycles. The van der Waals surface area contributed by atoms with Crippen LogP contribution in [-0.4, -0.2) is 32.5 Å². The zero-order valence-electron chi connectivity index (χ0n) is 13.9. The van der Waals surface area contributed by atoms with Crippen LogP contribution in [0.5, 0.6) is 0 Å². The number of H-pyrrole nitrogens is 1.